The van der Waals surface area contributed by atoms with Gasteiger partial charge >= 0.3 is 0 Å². The van der Waals surface area contributed by atoms with Crippen LogP contribution in [0.4, 0.5) is 17.1 Å². The van der Waals surface area contributed by atoms with E-state index in [1.54, 1.807) is 0 Å². The largest absolute Gasteiger partial charge is 0.308 e. The first-order chi connectivity index (χ1) is 28.8. The third kappa shape index (κ3) is 4.38. The summed E-state index contributed by atoms with van der Waals surface area (Å²) in [6.45, 7) is 0. The van der Waals surface area contributed by atoms with E-state index < -0.39 is 0 Å². The quantitative estimate of drug-likeness (QED) is 0.170. The maximum atomic E-state index is 2.49. The topological polar surface area (TPSA) is 12.6 Å². The van der Waals surface area contributed by atoms with Gasteiger partial charge in [-0.25, -0.2) is 0 Å². The number of para-hydroxylation sites is 7. The van der Waals surface area contributed by atoms with Crippen molar-refractivity contribution in [2.75, 3.05) is 4.90 Å². The van der Waals surface area contributed by atoms with Crippen LogP contribution in [0.3, 0.4) is 0 Å². The normalized spacial score (nSPS) is 12.1. The molecule has 13 aromatic rings. The summed E-state index contributed by atoms with van der Waals surface area (Å²) in [7, 11) is 0. The van der Waals surface area contributed by atoms with Crippen molar-refractivity contribution in [3.05, 3.63) is 200 Å². The van der Waals surface area contributed by atoms with Gasteiger partial charge in [-0.1, -0.05) is 133 Å². The van der Waals surface area contributed by atoms with E-state index in [0.717, 1.165) is 22.7 Å². The van der Waals surface area contributed by atoms with Crippen molar-refractivity contribution in [1.82, 2.24) is 8.97 Å². The SMILES string of the molecule is c1ccc(-n2c3ccccc3c3ccccc32)c(N(c2ccc(-c3cccc4c5cccc6c7ccccc7n(c34)c65)cc2)c2ccc3sc4ccccc4c3c2)c1. The number of nitrogens with zero attached hydrogens (tertiary/aromatic N) is 3. The second-order valence-corrected chi connectivity index (χ2v) is 16.4. The number of benzene rings is 9. The molecule has 0 aliphatic heterocycles. The molecule has 270 valence electrons. The Kier molecular flexibility index (Phi) is 6.60. The number of rotatable bonds is 5. The number of fused-ring (bicyclic) bond motifs is 12. The number of anilines is 3. The van der Waals surface area contributed by atoms with E-state index in [4.69, 9.17) is 0 Å². The summed E-state index contributed by atoms with van der Waals surface area (Å²) >= 11 is 1.86. The molecule has 3 nitrogen and oxygen atoms in total. The third-order valence-corrected chi connectivity index (χ3v) is 13.4. The minimum Gasteiger partial charge on any atom is -0.308 e. The van der Waals surface area contributed by atoms with Gasteiger partial charge in [0.05, 0.1) is 39.0 Å². The highest BCUT2D eigenvalue weighted by molar-refractivity contribution is 7.25. The van der Waals surface area contributed by atoms with E-state index in [1.807, 2.05) is 11.3 Å². The second kappa shape index (κ2) is 12.1. The summed E-state index contributed by atoms with van der Waals surface area (Å²) in [6, 6.07) is 73.7. The zero-order valence-corrected chi connectivity index (χ0v) is 32.1. The van der Waals surface area contributed by atoms with Crippen LogP contribution in [0.2, 0.25) is 0 Å². The van der Waals surface area contributed by atoms with Gasteiger partial charge in [0.2, 0.25) is 0 Å². The van der Waals surface area contributed by atoms with Crippen LogP contribution in [0, 0.1) is 0 Å². The Morgan fingerprint density at radius 3 is 1.66 bits per heavy atom. The fourth-order valence-electron chi connectivity index (χ4n) is 9.80. The summed E-state index contributed by atoms with van der Waals surface area (Å²) in [5.41, 5.74) is 13.1. The highest BCUT2D eigenvalue weighted by atomic mass is 32.1. The van der Waals surface area contributed by atoms with E-state index in [0.29, 0.717) is 0 Å². The van der Waals surface area contributed by atoms with Crippen LogP contribution in [0.5, 0.6) is 0 Å². The average molecular weight is 756 g/mol. The molecular formula is C54H33N3S. The Morgan fingerprint density at radius 2 is 0.897 bits per heavy atom. The lowest BCUT2D eigenvalue weighted by atomic mass is 10.0. The molecule has 0 atom stereocenters. The van der Waals surface area contributed by atoms with Crippen LogP contribution < -0.4 is 4.90 Å². The van der Waals surface area contributed by atoms with Crippen LogP contribution in [0.1, 0.15) is 0 Å². The van der Waals surface area contributed by atoms with Crippen molar-refractivity contribution in [3.8, 4) is 16.8 Å². The predicted octanol–water partition coefficient (Wildman–Crippen LogP) is 15.4. The minimum atomic E-state index is 1.10. The Balaban J connectivity index is 1.05. The first-order valence-electron chi connectivity index (χ1n) is 19.9. The Labute approximate surface area is 337 Å². The van der Waals surface area contributed by atoms with Crippen molar-refractivity contribution < 1.29 is 0 Å². The van der Waals surface area contributed by atoms with Crippen LogP contribution in [0.15, 0.2) is 200 Å². The smallest absolute Gasteiger partial charge is 0.0702 e. The van der Waals surface area contributed by atoms with Crippen LogP contribution in [0.25, 0.3) is 96.9 Å². The molecule has 0 amide bonds. The van der Waals surface area contributed by atoms with Crippen LogP contribution >= 0.6 is 11.3 Å². The van der Waals surface area contributed by atoms with E-state index in [9.17, 15) is 0 Å². The van der Waals surface area contributed by atoms with Gasteiger partial charge in [0.1, 0.15) is 0 Å². The maximum Gasteiger partial charge on any atom is 0.0702 e. The number of hydrogen-bond acceptors (Lipinski definition) is 2. The molecule has 4 heteroatoms. The summed E-state index contributed by atoms with van der Waals surface area (Å²) < 4.78 is 7.53. The van der Waals surface area contributed by atoms with Crippen molar-refractivity contribution in [1.29, 1.82) is 0 Å². The summed E-state index contributed by atoms with van der Waals surface area (Å²) in [5, 5.41) is 10.2. The van der Waals surface area contributed by atoms with Gasteiger partial charge < -0.3 is 13.9 Å². The maximum absolute atomic E-state index is 2.49. The van der Waals surface area contributed by atoms with Gasteiger partial charge in [0, 0.05) is 69.4 Å². The molecule has 0 radical (unpaired) electrons. The standard InChI is InChI=1S/C54H33N3S/c1-5-21-46-38(13-1)39-14-2-6-22-47(39)56(46)50-25-9-8-24-49(50)55(36-31-32-52-45(33-36)41-16-4-10-26-51(41)58-52)35-29-27-34(28-30-35)37-17-11-19-43-44-20-12-18-42-40-15-3-7-23-48(40)57(53(37)43)54(42)44/h1-33H. The molecule has 0 aliphatic rings. The molecule has 0 saturated heterocycles. The number of aromatic nitrogens is 2. The lowest BCUT2D eigenvalue weighted by Crippen LogP contribution is -2.13. The predicted molar refractivity (Wildman–Crippen MR) is 248 cm³/mol. The molecule has 58 heavy (non-hydrogen) atoms. The van der Waals surface area contributed by atoms with Gasteiger partial charge in [-0.15, -0.1) is 11.3 Å². The zero-order chi connectivity index (χ0) is 37.9. The molecule has 4 heterocycles. The van der Waals surface area contributed by atoms with Crippen LogP contribution in [-0.2, 0) is 0 Å². The lowest BCUT2D eigenvalue weighted by molar-refractivity contribution is 1.15. The Morgan fingerprint density at radius 1 is 0.362 bits per heavy atom. The molecule has 0 fully saturated rings. The fraction of sp³-hybridized carbons (Fsp3) is 0. The van der Waals surface area contributed by atoms with Crippen molar-refractivity contribution in [2.45, 2.75) is 0 Å². The monoisotopic (exact) mass is 755 g/mol. The first-order valence-corrected chi connectivity index (χ1v) is 20.7. The van der Waals surface area contributed by atoms with Crippen LogP contribution in [-0.4, -0.2) is 8.97 Å². The Bertz CT molecular complexity index is 3700. The molecule has 0 unspecified atom stereocenters. The van der Waals surface area contributed by atoms with Gasteiger partial charge in [-0.2, -0.15) is 0 Å². The Hall–Kier alpha value is -7.40. The molecule has 0 saturated carbocycles. The molecule has 0 bridgehead atoms. The fourth-order valence-corrected chi connectivity index (χ4v) is 10.9. The van der Waals surface area contributed by atoms with E-state index >= 15 is 0 Å². The zero-order valence-electron chi connectivity index (χ0n) is 31.3. The summed E-state index contributed by atoms with van der Waals surface area (Å²) in [4.78, 5) is 2.45. The molecule has 0 N–H and O–H groups in total. The second-order valence-electron chi connectivity index (χ2n) is 15.3. The molecule has 4 aromatic heterocycles. The highest BCUT2D eigenvalue weighted by Crippen LogP contribution is 2.46. The molecular weight excluding hydrogens is 723 g/mol. The van der Waals surface area contributed by atoms with Crippen molar-refractivity contribution >= 4 is 108 Å². The van der Waals surface area contributed by atoms with E-state index in [2.05, 4.69) is 214 Å². The minimum absolute atomic E-state index is 1.10. The third-order valence-electron chi connectivity index (χ3n) is 12.2. The number of hydrogen-bond donors (Lipinski definition) is 0. The summed E-state index contributed by atoms with van der Waals surface area (Å²) in [5.74, 6) is 0. The highest BCUT2D eigenvalue weighted by Gasteiger charge is 2.23. The molecule has 13 rings (SSSR count). The summed E-state index contributed by atoms with van der Waals surface area (Å²) in [6.07, 6.45) is 0. The molecule has 0 spiro atoms. The first kappa shape index (κ1) is 31.8. The molecule has 9 aromatic carbocycles. The average Bonchev–Trinajstić information content (AvgIpc) is 4.03. The molecule has 0 aliphatic carbocycles. The van der Waals surface area contributed by atoms with Gasteiger partial charge in [0.15, 0.2) is 0 Å². The van der Waals surface area contributed by atoms with Crippen molar-refractivity contribution in [3.63, 3.8) is 0 Å². The number of thiophene rings is 1. The van der Waals surface area contributed by atoms with Gasteiger partial charge in [-0.05, 0) is 72.3 Å². The van der Waals surface area contributed by atoms with Gasteiger partial charge in [0.25, 0.3) is 0 Å². The van der Waals surface area contributed by atoms with E-state index in [-0.39, 0.29) is 0 Å². The lowest BCUT2D eigenvalue weighted by Gasteiger charge is -2.28. The van der Waals surface area contributed by atoms with Crippen molar-refractivity contribution in [2.24, 2.45) is 0 Å². The van der Waals surface area contributed by atoms with E-state index in [1.165, 1.54) is 91.2 Å². The van der Waals surface area contributed by atoms with Gasteiger partial charge in [-0.3, -0.25) is 0 Å².